The van der Waals surface area contributed by atoms with E-state index in [4.69, 9.17) is 16.3 Å². The van der Waals surface area contributed by atoms with E-state index in [-0.39, 0.29) is 22.9 Å². The number of benzene rings is 2. The van der Waals surface area contributed by atoms with E-state index in [0.29, 0.717) is 11.4 Å². The second-order valence-corrected chi connectivity index (χ2v) is 5.13. The van der Waals surface area contributed by atoms with Gasteiger partial charge in [0.1, 0.15) is 5.75 Å². The number of anilines is 1. The quantitative estimate of drug-likeness (QED) is 0.852. The molecular weight excluding hydrogens is 318 g/mol. The third kappa shape index (κ3) is 4.23. The number of hydrogen-bond donors (Lipinski definition) is 1. The van der Waals surface area contributed by atoms with Crippen molar-refractivity contribution in [3.63, 3.8) is 0 Å². The SMILES string of the molecule is COC(=O)c1cc(NC(=O)Cc2ccccc2OC)ccc1Cl. The summed E-state index contributed by atoms with van der Waals surface area (Å²) in [6.45, 7) is 0. The van der Waals surface area contributed by atoms with Crippen molar-refractivity contribution in [3.05, 3.63) is 58.6 Å². The van der Waals surface area contributed by atoms with Gasteiger partial charge in [-0.25, -0.2) is 4.79 Å². The molecule has 5 nitrogen and oxygen atoms in total. The van der Waals surface area contributed by atoms with Gasteiger partial charge in [-0.1, -0.05) is 29.8 Å². The molecule has 0 fully saturated rings. The molecule has 23 heavy (non-hydrogen) atoms. The molecule has 2 aromatic rings. The smallest absolute Gasteiger partial charge is 0.339 e. The lowest BCUT2D eigenvalue weighted by Gasteiger charge is -2.10. The normalized spacial score (nSPS) is 10.0. The zero-order chi connectivity index (χ0) is 16.8. The van der Waals surface area contributed by atoms with Crippen molar-refractivity contribution in [1.82, 2.24) is 0 Å². The van der Waals surface area contributed by atoms with Crippen LogP contribution in [0.15, 0.2) is 42.5 Å². The van der Waals surface area contributed by atoms with Crippen molar-refractivity contribution in [1.29, 1.82) is 0 Å². The summed E-state index contributed by atoms with van der Waals surface area (Å²) < 4.78 is 9.87. The van der Waals surface area contributed by atoms with E-state index in [1.54, 1.807) is 19.2 Å². The maximum atomic E-state index is 12.2. The molecule has 1 N–H and O–H groups in total. The average Bonchev–Trinajstić information content (AvgIpc) is 2.56. The van der Waals surface area contributed by atoms with Gasteiger partial charge in [0.2, 0.25) is 5.91 Å². The zero-order valence-corrected chi connectivity index (χ0v) is 13.5. The van der Waals surface area contributed by atoms with Crippen LogP contribution in [0.2, 0.25) is 5.02 Å². The van der Waals surface area contributed by atoms with Crippen LogP contribution in [-0.2, 0) is 16.0 Å². The minimum atomic E-state index is -0.559. The molecule has 2 rings (SSSR count). The second-order valence-electron chi connectivity index (χ2n) is 4.72. The molecule has 0 saturated carbocycles. The topological polar surface area (TPSA) is 64.6 Å². The minimum absolute atomic E-state index is 0.153. The molecule has 0 heterocycles. The van der Waals surface area contributed by atoms with Crippen LogP contribution in [0, 0.1) is 0 Å². The number of amides is 1. The summed E-state index contributed by atoms with van der Waals surface area (Å²) in [5.74, 6) is -0.141. The monoisotopic (exact) mass is 333 g/mol. The standard InChI is InChI=1S/C17H16ClNO4/c1-22-15-6-4-3-5-11(15)9-16(20)19-12-7-8-14(18)13(10-12)17(21)23-2/h3-8,10H,9H2,1-2H3,(H,19,20). The van der Waals surface area contributed by atoms with Crippen molar-refractivity contribution >= 4 is 29.2 Å². The Kier molecular flexibility index (Phi) is 5.60. The number of ether oxygens (including phenoxy) is 2. The maximum Gasteiger partial charge on any atom is 0.339 e. The van der Waals surface area contributed by atoms with Gasteiger partial charge in [-0.2, -0.15) is 0 Å². The number of para-hydroxylation sites is 1. The number of rotatable bonds is 5. The molecule has 120 valence electrons. The fourth-order valence-electron chi connectivity index (χ4n) is 2.10. The summed E-state index contributed by atoms with van der Waals surface area (Å²) in [7, 11) is 2.82. The highest BCUT2D eigenvalue weighted by Gasteiger charge is 2.13. The van der Waals surface area contributed by atoms with Gasteiger partial charge in [0.05, 0.1) is 31.2 Å². The first-order valence-corrected chi connectivity index (χ1v) is 7.22. The Balaban J connectivity index is 2.13. The highest BCUT2D eigenvalue weighted by atomic mass is 35.5. The number of carbonyl (C=O) groups excluding carboxylic acids is 2. The number of hydrogen-bond acceptors (Lipinski definition) is 4. The van der Waals surface area contributed by atoms with Crippen LogP contribution >= 0.6 is 11.6 Å². The van der Waals surface area contributed by atoms with Crippen LogP contribution in [0.3, 0.4) is 0 Å². The number of nitrogens with one attached hydrogen (secondary N) is 1. The molecular formula is C17H16ClNO4. The van der Waals surface area contributed by atoms with Crippen LogP contribution in [0.25, 0.3) is 0 Å². The molecule has 1 amide bonds. The molecule has 0 radical (unpaired) electrons. The first-order valence-electron chi connectivity index (χ1n) is 6.84. The van der Waals surface area contributed by atoms with Gasteiger partial charge in [-0.15, -0.1) is 0 Å². The van der Waals surface area contributed by atoms with Crippen LogP contribution in [-0.4, -0.2) is 26.1 Å². The number of carbonyl (C=O) groups is 2. The van der Waals surface area contributed by atoms with E-state index < -0.39 is 5.97 Å². The van der Waals surface area contributed by atoms with E-state index in [0.717, 1.165) is 5.56 Å². The van der Waals surface area contributed by atoms with Gasteiger partial charge in [0.25, 0.3) is 0 Å². The summed E-state index contributed by atoms with van der Waals surface area (Å²) >= 11 is 5.95. The summed E-state index contributed by atoms with van der Waals surface area (Å²) in [4.78, 5) is 23.8. The van der Waals surface area contributed by atoms with E-state index in [2.05, 4.69) is 10.1 Å². The molecule has 0 atom stereocenters. The van der Waals surface area contributed by atoms with Crippen molar-refractivity contribution < 1.29 is 19.1 Å². The van der Waals surface area contributed by atoms with Crippen molar-refractivity contribution in [2.75, 3.05) is 19.5 Å². The summed E-state index contributed by atoms with van der Waals surface area (Å²) in [5.41, 5.74) is 1.44. The lowest BCUT2D eigenvalue weighted by molar-refractivity contribution is -0.115. The average molecular weight is 334 g/mol. The molecule has 0 aliphatic heterocycles. The third-order valence-electron chi connectivity index (χ3n) is 3.20. The fraction of sp³-hybridized carbons (Fsp3) is 0.176. The van der Waals surface area contributed by atoms with E-state index >= 15 is 0 Å². The number of esters is 1. The van der Waals surface area contributed by atoms with Gasteiger partial charge in [-0.3, -0.25) is 4.79 Å². The highest BCUT2D eigenvalue weighted by Crippen LogP contribution is 2.22. The molecule has 0 bridgehead atoms. The Morgan fingerprint density at radius 3 is 2.57 bits per heavy atom. The maximum absolute atomic E-state index is 12.2. The van der Waals surface area contributed by atoms with E-state index in [1.807, 2.05) is 18.2 Å². The molecule has 0 spiro atoms. The Hall–Kier alpha value is -2.53. The minimum Gasteiger partial charge on any atom is -0.496 e. The Bertz CT molecular complexity index is 730. The van der Waals surface area contributed by atoms with Gasteiger partial charge in [0.15, 0.2) is 0 Å². The lowest BCUT2D eigenvalue weighted by atomic mass is 10.1. The van der Waals surface area contributed by atoms with Gasteiger partial charge >= 0.3 is 5.97 Å². The molecule has 2 aromatic carbocycles. The van der Waals surface area contributed by atoms with Crippen molar-refractivity contribution in [2.24, 2.45) is 0 Å². The Labute approximate surface area is 139 Å². The van der Waals surface area contributed by atoms with Gasteiger partial charge in [-0.05, 0) is 24.3 Å². The molecule has 0 aliphatic rings. The van der Waals surface area contributed by atoms with E-state index in [9.17, 15) is 9.59 Å². The summed E-state index contributed by atoms with van der Waals surface area (Å²) in [6, 6.07) is 11.9. The Morgan fingerprint density at radius 2 is 1.87 bits per heavy atom. The Morgan fingerprint density at radius 1 is 1.13 bits per heavy atom. The largest absolute Gasteiger partial charge is 0.496 e. The molecule has 0 aliphatic carbocycles. The summed E-state index contributed by atoms with van der Waals surface area (Å²) in [6.07, 6.45) is 0.153. The van der Waals surface area contributed by atoms with Crippen molar-refractivity contribution in [2.45, 2.75) is 6.42 Å². The first-order chi connectivity index (χ1) is 11.0. The highest BCUT2D eigenvalue weighted by molar-refractivity contribution is 6.33. The second kappa shape index (κ2) is 7.65. The van der Waals surface area contributed by atoms with Gasteiger partial charge < -0.3 is 14.8 Å². The van der Waals surface area contributed by atoms with Crippen LogP contribution < -0.4 is 10.1 Å². The van der Waals surface area contributed by atoms with E-state index in [1.165, 1.54) is 19.2 Å². The number of methoxy groups -OCH3 is 2. The lowest BCUT2D eigenvalue weighted by Crippen LogP contribution is -2.15. The van der Waals surface area contributed by atoms with Gasteiger partial charge in [0, 0.05) is 11.3 Å². The van der Waals surface area contributed by atoms with Crippen molar-refractivity contribution in [3.8, 4) is 5.75 Å². The molecule has 6 heteroatoms. The van der Waals surface area contributed by atoms with Crippen LogP contribution in [0.5, 0.6) is 5.75 Å². The predicted octanol–water partition coefficient (Wildman–Crippen LogP) is 3.32. The molecule has 0 unspecified atom stereocenters. The predicted molar refractivity (Wildman–Crippen MR) is 88.1 cm³/mol. The molecule has 0 aromatic heterocycles. The van der Waals surface area contributed by atoms with Crippen LogP contribution in [0.4, 0.5) is 5.69 Å². The number of halogens is 1. The zero-order valence-electron chi connectivity index (χ0n) is 12.8. The fourth-order valence-corrected chi connectivity index (χ4v) is 2.29. The first kappa shape index (κ1) is 16.8. The third-order valence-corrected chi connectivity index (χ3v) is 3.53. The summed E-state index contributed by atoms with van der Waals surface area (Å²) in [5, 5.41) is 2.99. The van der Waals surface area contributed by atoms with Crippen LogP contribution in [0.1, 0.15) is 15.9 Å². The molecule has 0 saturated heterocycles.